The van der Waals surface area contributed by atoms with Gasteiger partial charge in [-0.2, -0.15) is 0 Å². The van der Waals surface area contributed by atoms with Crippen molar-refractivity contribution in [1.29, 1.82) is 0 Å². The summed E-state index contributed by atoms with van der Waals surface area (Å²) in [7, 11) is 0. The lowest BCUT2D eigenvalue weighted by molar-refractivity contribution is -0.122. The predicted molar refractivity (Wildman–Crippen MR) is 138 cm³/mol. The van der Waals surface area contributed by atoms with Gasteiger partial charge in [-0.3, -0.25) is 9.59 Å². The highest BCUT2D eigenvalue weighted by molar-refractivity contribution is 6.36. The number of hydrogen-bond donors (Lipinski definition) is 2. The van der Waals surface area contributed by atoms with Crippen LogP contribution in [-0.2, 0) is 9.59 Å². The van der Waals surface area contributed by atoms with Gasteiger partial charge >= 0.3 is 0 Å². The topological polar surface area (TPSA) is 76.7 Å². The first-order valence-electron chi connectivity index (χ1n) is 11.0. The molecule has 0 saturated carbocycles. The minimum Gasteiger partial charge on any atom is -0.492 e. The van der Waals surface area contributed by atoms with Crippen LogP contribution in [0.5, 0.6) is 11.5 Å². The molecule has 0 fully saturated rings. The average molecular weight is 550 g/mol. The Morgan fingerprint density at radius 2 is 1.06 bits per heavy atom. The SMILES string of the molecule is O=C(CCCOc1ccc(Cl)cc1Cl)NCCCCNC(=O)CCCOc1ccc(Cl)cc1Cl. The van der Waals surface area contributed by atoms with Crippen LogP contribution in [-0.4, -0.2) is 38.1 Å². The maximum atomic E-state index is 11.9. The van der Waals surface area contributed by atoms with Crippen LogP contribution in [0.2, 0.25) is 20.1 Å². The van der Waals surface area contributed by atoms with Gasteiger partial charge in [0.05, 0.1) is 23.3 Å². The van der Waals surface area contributed by atoms with Gasteiger partial charge in [0.15, 0.2) is 0 Å². The van der Waals surface area contributed by atoms with E-state index in [1.54, 1.807) is 36.4 Å². The molecule has 0 aliphatic heterocycles. The van der Waals surface area contributed by atoms with Crippen LogP contribution in [0, 0.1) is 0 Å². The second-order valence-electron chi connectivity index (χ2n) is 7.46. The normalized spacial score (nSPS) is 10.6. The van der Waals surface area contributed by atoms with Crippen LogP contribution < -0.4 is 20.1 Å². The zero-order chi connectivity index (χ0) is 24.8. The molecule has 0 unspecified atom stereocenters. The van der Waals surface area contributed by atoms with Crippen molar-refractivity contribution in [2.75, 3.05) is 26.3 Å². The number of nitrogens with one attached hydrogen (secondary N) is 2. The molecule has 0 radical (unpaired) electrons. The van der Waals surface area contributed by atoms with Crippen LogP contribution in [0.3, 0.4) is 0 Å². The first kappa shape index (κ1) is 28.4. The fraction of sp³-hybridized carbons (Fsp3) is 0.417. The highest BCUT2D eigenvalue weighted by Gasteiger charge is 2.06. The molecule has 34 heavy (non-hydrogen) atoms. The number of halogens is 4. The van der Waals surface area contributed by atoms with Crippen LogP contribution in [0.1, 0.15) is 38.5 Å². The molecule has 2 N–H and O–H groups in total. The maximum absolute atomic E-state index is 11.9. The number of carbonyl (C=O) groups is 2. The third-order valence-corrected chi connectivity index (χ3v) is 5.71. The Hall–Kier alpha value is -1.86. The molecule has 0 bridgehead atoms. The van der Waals surface area contributed by atoms with Crippen molar-refractivity contribution in [2.45, 2.75) is 38.5 Å². The molecule has 6 nitrogen and oxygen atoms in total. The molecule has 0 aliphatic carbocycles. The van der Waals surface area contributed by atoms with Gasteiger partial charge in [-0.15, -0.1) is 0 Å². The number of ether oxygens (including phenoxy) is 2. The van der Waals surface area contributed by atoms with Crippen LogP contribution in [0.25, 0.3) is 0 Å². The molecule has 2 amide bonds. The molecular weight excluding hydrogens is 522 g/mol. The van der Waals surface area contributed by atoms with Crippen molar-refractivity contribution in [1.82, 2.24) is 10.6 Å². The smallest absolute Gasteiger partial charge is 0.220 e. The van der Waals surface area contributed by atoms with Gasteiger partial charge in [0.1, 0.15) is 11.5 Å². The Morgan fingerprint density at radius 3 is 1.44 bits per heavy atom. The molecule has 2 aromatic rings. The molecular formula is C24H28Cl4N2O4. The fourth-order valence-electron chi connectivity index (χ4n) is 2.90. The Morgan fingerprint density at radius 1 is 0.647 bits per heavy atom. The number of unbranched alkanes of at least 4 members (excludes halogenated alkanes) is 1. The highest BCUT2D eigenvalue weighted by Crippen LogP contribution is 2.28. The monoisotopic (exact) mass is 548 g/mol. The third-order valence-electron chi connectivity index (χ3n) is 4.65. The van der Waals surface area contributed by atoms with Gasteiger partial charge in [-0.05, 0) is 62.1 Å². The van der Waals surface area contributed by atoms with E-state index in [4.69, 9.17) is 55.9 Å². The lowest BCUT2D eigenvalue weighted by Gasteiger charge is -2.09. The Bertz CT molecular complexity index is 868. The van der Waals surface area contributed by atoms with E-state index < -0.39 is 0 Å². The van der Waals surface area contributed by atoms with E-state index in [0.717, 1.165) is 12.8 Å². The van der Waals surface area contributed by atoms with E-state index in [0.29, 0.717) is 83.6 Å². The molecule has 2 rings (SSSR count). The van der Waals surface area contributed by atoms with Crippen LogP contribution in [0.15, 0.2) is 36.4 Å². The number of carbonyl (C=O) groups excluding carboxylic acids is 2. The van der Waals surface area contributed by atoms with Gasteiger partial charge in [0.25, 0.3) is 0 Å². The fourth-order valence-corrected chi connectivity index (χ4v) is 3.82. The van der Waals surface area contributed by atoms with E-state index in [1.807, 2.05) is 0 Å². The van der Waals surface area contributed by atoms with Crippen molar-refractivity contribution in [3.05, 3.63) is 56.5 Å². The molecule has 0 saturated heterocycles. The van der Waals surface area contributed by atoms with E-state index >= 15 is 0 Å². The van der Waals surface area contributed by atoms with E-state index in [9.17, 15) is 9.59 Å². The Labute approximate surface area is 220 Å². The molecule has 186 valence electrons. The second kappa shape index (κ2) is 15.9. The van der Waals surface area contributed by atoms with Crippen molar-refractivity contribution in [2.24, 2.45) is 0 Å². The summed E-state index contributed by atoms with van der Waals surface area (Å²) in [5.74, 6) is 1.03. The number of rotatable bonds is 15. The standard InChI is InChI=1S/C24H28Cl4N2O4/c25-17-7-9-21(19(27)15-17)33-13-3-5-23(31)29-11-1-2-12-30-24(32)6-4-14-34-22-10-8-18(26)16-20(22)28/h7-10,15-16H,1-6,11-14H2,(H,29,31)(H,30,32). The number of amides is 2. The lowest BCUT2D eigenvalue weighted by Crippen LogP contribution is -2.27. The van der Waals surface area contributed by atoms with Gasteiger partial charge in [0, 0.05) is 36.0 Å². The minimum absolute atomic E-state index is 0.0318. The number of benzene rings is 2. The van der Waals surface area contributed by atoms with Gasteiger partial charge in [-0.1, -0.05) is 46.4 Å². The largest absolute Gasteiger partial charge is 0.492 e. The minimum atomic E-state index is -0.0318. The molecule has 0 spiro atoms. The quantitative estimate of drug-likeness (QED) is 0.254. The summed E-state index contributed by atoms with van der Waals surface area (Å²) in [6.45, 7) is 1.90. The van der Waals surface area contributed by atoms with Gasteiger partial charge < -0.3 is 20.1 Å². The second-order valence-corrected chi connectivity index (χ2v) is 9.15. The van der Waals surface area contributed by atoms with Crippen molar-refractivity contribution >= 4 is 58.2 Å². The Kier molecular flexibility index (Phi) is 13.3. The zero-order valence-electron chi connectivity index (χ0n) is 18.7. The maximum Gasteiger partial charge on any atom is 0.220 e. The van der Waals surface area contributed by atoms with E-state index in [-0.39, 0.29) is 11.8 Å². The predicted octanol–water partition coefficient (Wildman–Crippen LogP) is 6.33. The molecule has 2 aromatic carbocycles. The van der Waals surface area contributed by atoms with Gasteiger partial charge in [0.2, 0.25) is 11.8 Å². The van der Waals surface area contributed by atoms with Crippen molar-refractivity contribution < 1.29 is 19.1 Å². The summed E-state index contributed by atoms with van der Waals surface area (Å²) < 4.78 is 11.1. The summed E-state index contributed by atoms with van der Waals surface area (Å²) in [5, 5.41) is 7.71. The van der Waals surface area contributed by atoms with Crippen molar-refractivity contribution in [3.63, 3.8) is 0 Å². The highest BCUT2D eigenvalue weighted by atomic mass is 35.5. The average Bonchev–Trinajstić information content (AvgIpc) is 2.79. The summed E-state index contributed by atoms with van der Waals surface area (Å²) in [4.78, 5) is 23.8. The molecule has 0 heterocycles. The molecule has 10 heteroatoms. The zero-order valence-corrected chi connectivity index (χ0v) is 21.7. The third kappa shape index (κ3) is 11.5. The summed E-state index contributed by atoms with van der Waals surface area (Å²) in [6.07, 6.45) is 3.45. The van der Waals surface area contributed by atoms with E-state index in [2.05, 4.69) is 10.6 Å². The first-order valence-corrected chi connectivity index (χ1v) is 12.6. The van der Waals surface area contributed by atoms with E-state index in [1.165, 1.54) is 0 Å². The summed E-state index contributed by atoms with van der Waals surface area (Å²) in [5.41, 5.74) is 0. The van der Waals surface area contributed by atoms with Crippen LogP contribution >= 0.6 is 46.4 Å². The lowest BCUT2D eigenvalue weighted by atomic mass is 10.2. The van der Waals surface area contributed by atoms with Crippen molar-refractivity contribution in [3.8, 4) is 11.5 Å². The molecule has 0 atom stereocenters. The Balaban J connectivity index is 1.42. The van der Waals surface area contributed by atoms with Gasteiger partial charge in [-0.25, -0.2) is 0 Å². The first-order chi connectivity index (χ1) is 16.3. The number of hydrogen-bond acceptors (Lipinski definition) is 4. The molecule has 0 aliphatic rings. The summed E-state index contributed by atoms with van der Waals surface area (Å²) in [6, 6.07) is 10.0. The summed E-state index contributed by atoms with van der Waals surface area (Å²) >= 11 is 23.8. The molecule has 0 aromatic heterocycles. The van der Waals surface area contributed by atoms with Crippen LogP contribution in [0.4, 0.5) is 0 Å².